The fourth-order valence-corrected chi connectivity index (χ4v) is 5.23. The number of carbonyl (C=O) groups is 1. The lowest BCUT2D eigenvalue weighted by molar-refractivity contribution is 0.0755. The van der Waals surface area contributed by atoms with Crippen molar-refractivity contribution in [2.75, 3.05) is 64.9 Å². The number of fused-ring (bicyclic) bond motifs is 2. The molecule has 30 heavy (non-hydrogen) atoms. The second kappa shape index (κ2) is 7.43. The fraction of sp³-hybridized carbons (Fsp3) is 0.500. The molecule has 4 heterocycles. The highest BCUT2D eigenvalue weighted by molar-refractivity contribution is 5.98. The van der Waals surface area contributed by atoms with Crippen LogP contribution in [0.1, 0.15) is 10.4 Å². The second-order valence-electron chi connectivity index (χ2n) is 8.76. The molecule has 2 fully saturated rings. The maximum atomic E-state index is 13.5. The number of amides is 1. The molecular weight excluding hydrogens is 382 g/mol. The highest BCUT2D eigenvalue weighted by atomic mass is 16.6. The zero-order valence-electron chi connectivity index (χ0n) is 17.5. The fourth-order valence-electron chi connectivity index (χ4n) is 5.23. The number of hydrogen-bond acceptors (Lipinski definition) is 7. The van der Waals surface area contributed by atoms with Crippen molar-refractivity contribution in [2.24, 2.45) is 11.3 Å². The van der Waals surface area contributed by atoms with Crippen LogP contribution in [-0.2, 0) is 0 Å². The van der Waals surface area contributed by atoms with Gasteiger partial charge in [-0.15, -0.1) is 0 Å². The van der Waals surface area contributed by atoms with Crippen LogP contribution in [0.3, 0.4) is 0 Å². The molecule has 1 aromatic heterocycles. The minimum Gasteiger partial charge on any atom is -0.486 e. The Morgan fingerprint density at radius 3 is 2.87 bits per heavy atom. The summed E-state index contributed by atoms with van der Waals surface area (Å²) in [6.07, 6.45) is 5.25. The number of para-hydroxylation sites is 1. The molecule has 2 saturated heterocycles. The van der Waals surface area contributed by atoms with Gasteiger partial charge in [-0.3, -0.25) is 9.78 Å². The summed E-state index contributed by atoms with van der Waals surface area (Å²) >= 11 is 0. The first kappa shape index (κ1) is 19.1. The number of nitrogens with zero attached hydrogens (tertiary/aromatic N) is 5. The highest BCUT2D eigenvalue weighted by Gasteiger charge is 2.54. The zero-order valence-corrected chi connectivity index (χ0v) is 17.5. The molecule has 2 atom stereocenters. The molecule has 0 spiro atoms. The van der Waals surface area contributed by atoms with E-state index in [-0.39, 0.29) is 11.3 Å². The van der Waals surface area contributed by atoms with Crippen molar-refractivity contribution in [1.82, 2.24) is 19.8 Å². The summed E-state index contributed by atoms with van der Waals surface area (Å²) in [6, 6.07) is 5.56. The van der Waals surface area contributed by atoms with E-state index in [0.29, 0.717) is 36.2 Å². The van der Waals surface area contributed by atoms with Crippen molar-refractivity contribution in [2.45, 2.75) is 0 Å². The minimum absolute atomic E-state index is 0.00286. The summed E-state index contributed by atoms with van der Waals surface area (Å²) in [5.41, 5.74) is 0.598. The van der Waals surface area contributed by atoms with Crippen molar-refractivity contribution < 1.29 is 14.3 Å². The van der Waals surface area contributed by atoms with Gasteiger partial charge in [0.15, 0.2) is 11.5 Å². The van der Waals surface area contributed by atoms with Crippen molar-refractivity contribution in [3.05, 3.63) is 42.4 Å². The molecular formula is C22H27N5O3. The Morgan fingerprint density at radius 1 is 1.20 bits per heavy atom. The van der Waals surface area contributed by atoms with Crippen LogP contribution in [0.15, 0.2) is 36.8 Å². The quantitative estimate of drug-likeness (QED) is 0.756. The summed E-state index contributed by atoms with van der Waals surface area (Å²) in [5, 5.41) is 0. The second-order valence-corrected chi connectivity index (χ2v) is 8.76. The van der Waals surface area contributed by atoms with E-state index >= 15 is 0 Å². The van der Waals surface area contributed by atoms with Crippen molar-refractivity contribution in [1.29, 1.82) is 0 Å². The standard InChI is InChI=1S/C22H27N5O3/c1-25(2)13-22-14-26(19-10-23-6-7-24-19)11-16(22)12-27(15-22)21(28)17-4-3-5-18-20(17)30-9-8-29-18/h3-7,10,16H,8-9,11-15H2,1-2H3/t16-,22+/m0/s1. The number of carbonyl (C=O) groups excluding carboxylic acids is 1. The molecule has 0 unspecified atom stereocenters. The molecule has 8 nitrogen and oxygen atoms in total. The number of hydrogen-bond donors (Lipinski definition) is 0. The van der Waals surface area contributed by atoms with Gasteiger partial charge in [-0.05, 0) is 26.2 Å². The summed E-state index contributed by atoms with van der Waals surface area (Å²) in [5.74, 6) is 2.54. The van der Waals surface area contributed by atoms with E-state index in [4.69, 9.17) is 9.47 Å². The lowest BCUT2D eigenvalue weighted by Gasteiger charge is -2.32. The lowest BCUT2D eigenvalue weighted by Crippen LogP contribution is -2.43. The van der Waals surface area contributed by atoms with E-state index in [0.717, 1.165) is 38.5 Å². The Kier molecular flexibility index (Phi) is 4.73. The van der Waals surface area contributed by atoms with Gasteiger partial charge in [-0.2, -0.15) is 0 Å². The van der Waals surface area contributed by atoms with Gasteiger partial charge in [0.05, 0.1) is 11.8 Å². The highest BCUT2D eigenvalue weighted by Crippen LogP contribution is 2.45. The molecule has 3 aliphatic rings. The average molecular weight is 409 g/mol. The van der Waals surface area contributed by atoms with Gasteiger partial charge in [0.2, 0.25) is 0 Å². The van der Waals surface area contributed by atoms with E-state index in [9.17, 15) is 4.79 Å². The number of likely N-dealkylation sites (tertiary alicyclic amines) is 1. The number of anilines is 1. The number of benzene rings is 1. The molecule has 3 aliphatic heterocycles. The van der Waals surface area contributed by atoms with Gasteiger partial charge in [0, 0.05) is 56.5 Å². The Labute approximate surface area is 176 Å². The zero-order chi connectivity index (χ0) is 20.7. The van der Waals surface area contributed by atoms with E-state index in [1.165, 1.54) is 0 Å². The third-order valence-electron chi connectivity index (χ3n) is 6.35. The van der Waals surface area contributed by atoms with Crippen molar-refractivity contribution in [3.63, 3.8) is 0 Å². The van der Waals surface area contributed by atoms with Gasteiger partial charge in [-0.1, -0.05) is 6.07 Å². The Balaban J connectivity index is 1.40. The van der Waals surface area contributed by atoms with E-state index < -0.39 is 0 Å². The lowest BCUT2D eigenvalue weighted by atomic mass is 9.80. The third kappa shape index (κ3) is 3.25. The largest absolute Gasteiger partial charge is 0.486 e. The predicted molar refractivity (Wildman–Crippen MR) is 112 cm³/mol. The predicted octanol–water partition coefficient (Wildman–Crippen LogP) is 1.39. The summed E-state index contributed by atoms with van der Waals surface area (Å²) in [7, 11) is 4.19. The number of ether oxygens (including phenoxy) is 2. The first-order valence-corrected chi connectivity index (χ1v) is 10.4. The van der Waals surface area contributed by atoms with Crippen LogP contribution in [0, 0.1) is 11.3 Å². The SMILES string of the molecule is CN(C)C[C@@]12CN(C(=O)c3cccc4c3OCCO4)C[C@@H]1CN(c1cnccn1)C2. The Hall–Kier alpha value is -2.87. The van der Waals surface area contributed by atoms with Crippen LogP contribution in [-0.4, -0.2) is 85.7 Å². The average Bonchev–Trinajstić information content (AvgIpc) is 3.26. The summed E-state index contributed by atoms with van der Waals surface area (Å²) < 4.78 is 11.5. The van der Waals surface area contributed by atoms with Gasteiger partial charge in [0.1, 0.15) is 19.0 Å². The maximum Gasteiger partial charge on any atom is 0.257 e. The van der Waals surface area contributed by atoms with Gasteiger partial charge in [0.25, 0.3) is 5.91 Å². The summed E-state index contributed by atoms with van der Waals surface area (Å²) in [4.78, 5) is 28.7. The van der Waals surface area contributed by atoms with Crippen LogP contribution < -0.4 is 14.4 Å². The third-order valence-corrected chi connectivity index (χ3v) is 6.35. The van der Waals surface area contributed by atoms with Crippen molar-refractivity contribution >= 4 is 11.7 Å². The van der Waals surface area contributed by atoms with Crippen LogP contribution in [0.5, 0.6) is 11.5 Å². The topological polar surface area (TPSA) is 71.0 Å². The number of rotatable bonds is 4. The monoisotopic (exact) mass is 409 g/mol. The molecule has 1 aromatic carbocycles. The first-order valence-electron chi connectivity index (χ1n) is 10.4. The normalized spacial score (nSPS) is 25.0. The van der Waals surface area contributed by atoms with Crippen molar-refractivity contribution in [3.8, 4) is 11.5 Å². The molecule has 0 bridgehead atoms. The van der Waals surface area contributed by atoms with E-state index in [1.807, 2.05) is 29.3 Å². The first-order chi connectivity index (χ1) is 14.6. The Bertz CT molecular complexity index is 938. The summed E-state index contributed by atoms with van der Waals surface area (Å²) in [6.45, 7) is 5.10. The van der Waals surface area contributed by atoms with Gasteiger partial charge in [-0.25, -0.2) is 4.98 Å². The van der Waals surface area contributed by atoms with Crippen LogP contribution in [0.2, 0.25) is 0 Å². The molecule has 0 N–H and O–H groups in total. The minimum atomic E-state index is 0.00286. The van der Waals surface area contributed by atoms with Crippen LogP contribution in [0.25, 0.3) is 0 Å². The van der Waals surface area contributed by atoms with Crippen LogP contribution >= 0.6 is 0 Å². The molecule has 1 amide bonds. The van der Waals surface area contributed by atoms with Crippen LogP contribution in [0.4, 0.5) is 5.82 Å². The molecule has 5 rings (SSSR count). The molecule has 0 radical (unpaired) electrons. The maximum absolute atomic E-state index is 13.5. The molecule has 158 valence electrons. The smallest absolute Gasteiger partial charge is 0.257 e. The van der Waals surface area contributed by atoms with E-state index in [2.05, 4.69) is 33.9 Å². The number of aromatic nitrogens is 2. The molecule has 0 aliphatic carbocycles. The molecule has 0 saturated carbocycles. The van der Waals surface area contributed by atoms with Gasteiger partial charge >= 0.3 is 0 Å². The molecule has 2 aromatic rings. The van der Waals surface area contributed by atoms with E-state index in [1.54, 1.807) is 12.4 Å². The molecule has 8 heteroatoms. The Morgan fingerprint density at radius 2 is 2.07 bits per heavy atom. The van der Waals surface area contributed by atoms with Gasteiger partial charge < -0.3 is 24.2 Å².